The van der Waals surface area contributed by atoms with E-state index in [0.717, 1.165) is 48.2 Å². The summed E-state index contributed by atoms with van der Waals surface area (Å²) < 4.78 is 19.1. The van der Waals surface area contributed by atoms with Crippen molar-refractivity contribution in [2.75, 3.05) is 50.8 Å². The molecule has 0 unspecified atom stereocenters. The molecule has 1 atom stereocenters. The van der Waals surface area contributed by atoms with Crippen LogP contribution in [0.2, 0.25) is 0 Å². The number of carbonyl (C=O) groups is 1. The maximum absolute atomic E-state index is 13.6. The molecule has 1 amide bonds. The highest BCUT2D eigenvalue weighted by Gasteiger charge is 2.29. The van der Waals surface area contributed by atoms with Gasteiger partial charge in [-0.05, 0) is 50.1 Å². The Bertz CT molecular complexity index is 1160. The number of benzene rings is 1. The summed E-state index contributed by atoms with van der Waals surface area (Å²) >= 11 is 0. The SMILES string of the molecule is Cc1nc(N2CCC(C(=O)NC[C@@H](c3ccccn3)N3CCOCC3)CC2)nc2ccc(F)cc12. The number of pyridine rings is 1. The molecule has 2 saturated heterocycles. The maximum atomic E-state index is 13.6. The van der Waals surface area contributed by atoms with E-state index < -0.39 is 0 Å². The fourth-order valence-electron chi connectivity index (χ4n) is 4.95. The number of ether oxygens (including phenoxy) is 1. The van der Waals surface area contributed by atoms with Gasteiger partial charge in [0.1, 0.15) is 5.82 Å². The molecule has 2 aliphatic rings. The van der Waals surface area contributed by atoms with E-state index >= 15 is 0 Å². The highest BCUT2D eigenvalue weighted by molar-refractivity contribution is 5.82. The minimum atomic E-state index is -0.289. The van der Waals surface area contributed by atoms with Crippen LogP contribution >= 0.6 is 0 Å². The van der Waals surface area contributed by atoms with Crippen molar-refractivity contribution in [1.29, 1.82) is 0 Å². The third-order valence-electron chi connectivity index (χ3n) is 6.97. The van der Waals surface area contributed by atoms with Crippen LogP contribution in [0.5, 0.6) is 0 Å². The predicted molar refractivity (Wildman–Crippen MR) is 132 cm³/mol. The summed E-state index contributed by atoms with van der Waals surface area (Å²) in [4.78, 5) is 31.3. The number of aromatic nitrogens is 3. The van der Waals surface area contributed by atoms with E-state index in [-0.39, 0.29) is 23.7 Å². The monoisotopic (exact) mass is 478 g/mol. The van der Waals surface area contributed by atoms with E-state index in [1.54, 1.807) is 12.3 Å². The van der Waals surface area contributed by atoms with E-state index in [9.17, 15) is 9.18 Å². The molecule has 0 spiro atoms. The molecule has 35 heavy (non-hydrogen) atoms. The average Bonchev–Trinajstić information content (AvgIpc) is 2.90. The lowest BCUT2D eigenvalue weighted by Gasteiger charge is -2.35. The Morgan fingerprint density at radius 1 is 1.14 bits per heavy atom. The number of halogens is 1. The number of anilines is 1. The number of nitrogens with zero attached hydrogens (tertiary/aromatic N) is 5. The molecular formula is C26H31FN6O2. The summed E-state index contributed by atoms with van der Waals surface area (Å²) in [7, 11) is 0. The van der Waals surface area contributed by atoms with Crippen molar-refractivity contribution < 1.29 is 13.9 Å². The maximum Gasteiger partial charge on any atom is 0.226 e. The van der Waals surface area contributed by atoms with Crippen LogP contribution in [0, 0.1) is 18.7 Å². The predicted octanol–water partition coefficient (Wildman–Crippen LogP) is 2.88. The third-order valence-corrected chi connectivity index (χ3v) is 6.97. The van der Waals surface area contributed by atoms with Gasteiger partial charge < -0.3 is 15.0 Å². The van der Waals surface area contributed by atoms with Crippen molar-refractivity contribution >= 4 is 22.8 Å². The first-order valence-corrected chi connectivity index (χ1v) is 12.3. The number of hydrogen-bond donors (Lipinski definition) is 1. The topological polar surface area (TPSA) is 83.5 Å². The minimum absolute atomic E-state index is 0.0305. The Labute approximate surface area is 204 Å². The van der Waals surface area contributed by atoms with Crippen LogP contribution in [0.15, 0.2) is 42.6 Å². The summed E-state index contributed by atoms with van der Waals surface area (Å²) in [5, 5.41) is 3.92. The number of nitrogens with one attached hydrogen (secondary N) is 1. The first-order chi connectivity index (χ1) is 17.1. The van der Waals surface area contributed by atoms with Crippen molar-refractivity contribution in [3.8, 4) is 0 Å². The van der Waals surface area contributed by atoms with Crippen molar-refractivity contribution in [1.82, 2.24) is 25.2 Å². The van der Waals surface area contributed by atoms with Crippen LogP contribution in [0.25, 0.3) is 10.9 Å². The Hall–Kier alpha value is -3.17. The lowest BCUT2D eigenvalue weighted by Crippen LogP contribution is -2.46. The number of aryl methyl sites for hydroxylation is 1. The summed E-state index contributed by atoms with van der Waals surface area (Å²) in [5.74, 6) is 0.395. The molecular weight excluding hydrogens is 447 g/mol. The zero-order chi connectivity index (χ0) is 24.2. The molecule has 0 bridgehead atoms. The van der Waals surface area contributed by atoms with Crippen molar-refractivity contribution in [2.45, 2.75) is 25.8 Å². The van der Waals surface area contributed by atoms with Gasteiger partial charge in [0.25, 0.3) is 0 Å². The molecule has 4 heterocycles. The first-order valence-electron chi connectivity index (χ1n) is 12.3. The fraction of sp³-hybridized carbons (Fsp3) is 0.462. The minimum Gasteiger partial charge on any atom is -0.379 e. The van der Waals surface area contributed by atoms with E-state index in [2.05, 4.69) is 30.1 Å². The zero-order valence-electron chi connectivity index (χ0n) is 20.0. The van der Waals surface area contributed by atoms with Gasteiger partial charge in [-0.1, -0.05) is 6.07 Å². The zero-order valence-corrected chi connectivity index (χ0v) is 20.0. The second kappa shape index (κ2) is 10.6. The van der Waals surface area contributed by atoms with Crippen molar-refractivity contribution in [3.05, 3.63) is 59.8 Å². The number of amides is 1. The number of carbonyl (C=O) groups excluding carboxylic acids is 1. The van der Waals surface area contributed by atoms with Crippen LogP contribution in [-0.4, -0.2) is 71.7 Å². The molecule has 2 aliphatic heterocycles. The number of piperidine rings is 1. The van der Waals surface area contributed by atoms with Crippen LogP contribution in [0.1, 0.15) is 30.3 Å². The summed E-state index contributed by atoms with van der Waals surface area (Å²) in [5.41, 5.74) is 2.46. The molecule has 2 fully saturated rings. The Morgan fingerprint density at radius 3 is 2.69 bits per heavy atom. The number of morpholine rings is 1. The Kier molecular flexibility index (Phi) is 7.15. The second-order valence-corrected chi connectivity index (χ2v) is 9.20. The molecule has 3 aromatic rings. The molecule has 5 rings (SSSR count). The molecule has 0 saturated carbocycles. The largest absolute Gasteiger partial charge is 0.379 e. The van der Waals surface area contributed by atoms with Gasteiger partial charge in [-0.15, -0.1) is 0 Å². The van der Waals surface area contributed by atoms with Crippen LogP contribution in [-0.2, 0) is 9.53 Å². The molecule has 0 aliphatic carbocycles. The third kappa shape index (κ3) is 5.41. The van der Waals surface area contributed by atoms with Crippen LogP contribution in [0.4, 0.5) is 10.3 Å². The molecule has 9 heteroatoms. The molecule has 8 nitrogen and oxygen atoms in total. The van der Waals surface area contributed by atoms with Crippen molar-refractivity contribution in [3.63, 3.8) is 0 Å². The average molecular weight is 479 g/mol. The number of rotatable bonds is 6. The summed E-state index contributed by atoms with van der Waals surface area (Å²) in [6.45, 7) is 6.86. The van der Waals surface area contributed by atoms with E-state index in [1.807, 2.05) is 25.1 Å². The van der Waals surface area contributed by atoms with Gasteiger partial charge >= 0.3 is 0 Å². The Balaban J connectivity index is 1.19. The lowest BCUT2D eigenvalue weighted by atomic mass is 9.96. The normalized spacial score (nSPS) is 18.5. The van der Waals surface area contributed by atoms with Crippen LogP contribution < -0.4 is 10.2 Å². The van der Waals surface area contributed by atoms with Gasteiger partial charge in [-0.2, -0.15) is 0 Å². The number of hydrogen-bond acceptors (Lipinski definition) is 7. The smallest absolute Gasteiger partial charge is 0.226 e. The van der Waals surface area contributed by atoms with E-state index in [1.165, 1.54) is 12.1 Å². The fourth-order valence-corrected chi connectivity index (χ4v) is 4.95. The van der Waals surface area contributed by atoms with E-state index in [0.29, 0.717) is 38.8 Å². The van der Waals surface area contributed by atoms with Gasteiger partial charge in [0, 0.05) is 50.2 Å². The molecule has 1 N–H and O–H groups in total. The van der Waals surface area contributed by atoms with Gasteiger partial charge in [0.05, 0.1) is 36.2 Å². The highest BCUT2D eigenvalue weighted by Crippen LogP contribution is 2.25. The second-order valence-electron chi connectivity index (χ2n) is 9.20. The van der Waals surface area contributed by atoms with Gasteiger partial charge in [0.2, 0.25) is 11.9 Å². The van der Waals surface area contributed by atoms with E-state index in [4.69, 9.17) is 4.74 Å². The molecule has 0 radical (unpaired) electrons. The lowest BCUT2D eigenvalue weighted by molar-refractivity contribution is -0.126. The van der Waals surface area contributed by atoms with Gasteiger partial charge in [-0.25, -0.2) is 14.4 Å². The van der Waals surface area contributed by atoms with Gasteiger partial charge in [-0.3, -0.25) is 14.7 Å². The molecule has 2 aromatic heterocycles. The van der Waals surface area contributed by atoms with Crippen molar-refractivity contribution in [2.24, 2.45) is 5.92 Å². The summed E-state index contributed by atoms with van der Waals surface area (Å²) in [6, 6.07) is 10.5. The Morgan fingerprint density at radius 2 is 1.94 bits per heavy atom. The quantitative estimate of drug-likeness (QED) is 0.583. The van der Waals surface area contributed by atoms with Gasteiger partial charge in [0.15, 0.2) is 0 Å². The molecule has 1 aromatic carbocycles. The first kappa shape index (κ1) is 23.6. The highest BCUT2D eigenvalue weighted by atomic mass is 19.1. The van der Waals surface area contributed by atoms with Crippen LogP contribution in [0.3, 0.4) is 0 Å². The molecule has 184 valence electrons. The number of fused-ring (bicyclic) bond motifs is 1. The standard InChI is InChI=1S/C26H31FN6O2/c1-18-21-16-20(27)5-6-22(21)31-26(30-18)33-10-7-19(8-11-33)25(34)29-17-24(23-4-2-3-9-28-23)32-12-14-35-15-13-32/h2-6,9,16,19,24H,7-8,10-15,17H2,1H3,(H,29,34)/t24-/m0/s1. The summed E-state index contributed by atoms with van der Waals surface area (Å²) in [6.07, 6.45) is 3.27.